The molecule has 10 heteroatoms. The number of quaternary nitrogens is 2. The zero-order valence-electron chi connectivity index (χ0n) is 17.7. The first-order chi connectivity index (χ1) is 15.5. The van der Waals surface area contributed by atoms with E-state index in [1.807, 2.05) is 10.6 Å². The highest BCUT2D eigenvalue weighted by Gasteiger charge is 2.37. The number of carbonyl (C=O) groups excluding carboxylic acids is 2. The lowest BCUT2D eigenvalue weighted by Gasteiger charge is -2.24. The monoisotopic (exact) mass is 446 g/mol. The molecule has 0 aromatic heterocycles. The van der Waals surface area contributed by atoms with Crippen molar-refractivity contribution in [2.45, 2.75) is 0 Å². The highest BCUT2D eigenvalue weighted by Crippen LogP contribution is 2.42. The number of anilines is 2. The van der Waals surface area contributed by atoms with Crippen molar-refractivity contribution in [3.63, 3.8) is 0 Å². The highest BCUT2D eigenvalue weighted by molar-refractivity contribution is 6.33. The van der Waals surface area contributed by atoms with E-state index >= 15 is 0 Å². The normalized spacial score (nSPS) is 12.4. The number of hydrogen-bond acceptors (Lipinski definition) is 8. The summed E-state index contributed by atoms with van der Waals surface area (Å²) in [6.45, 7) is 3.56. The topological polar surface area (TPSA) is 172 Å². The van der Waals surface area contributed by atoms with Gasteiger partial charge < -0.3 is 41.7 Å². The third kappa shape index (κ3) is 4.83. The number of hydrogen-bond donors (Lipinski definition) is 8. The molecule has 0 spiro atoms. The maximum Gasteiger partial charge on any atom is 0.200 e. The van der Waals surface area contributed by atoms with Gasteiger partial charge in [-0.05, 0) is 24.3 Å². The number of rotatable bonds is 12. The number of phenolic OH excluding ortho intramolecular Hbond substituents is 2. The Morgan fingerprint density at radius 2 is 1.03 bits per heavy atom. The molecule has 10 nitrogen and oxygen atoms in total. The average molecular weight is 447 g/mol. The average Bonchev–Trinajstić information content (AvgIpc) is 2.78. The number of phenols is 2. The molecule has 0 heterocycles. The Labute approximate surface area is 185 Å². The number of aromatic hydroxyl groups is 2. The van der Waals surface area contributed by atoms with E-state index in [4.69, 9.17) is 10.2 Å². The van der Waals surface area contributed by atoms with Crippen LogP contribution in [0.1, 0.15) is 31.8 Å². The second kappa shape index (κ2) is 10.9. The molecule has 0 aliphatic heterocycles. The molecule has 0 saturated carbocycles. The summed E-state index contributed by atoms with van der Waals surface area (Å²) in [5.74, 6) is -1.80. The van der Waals surface area contributed by atoms with Crippen molar-refractivity contribution >= 4 is 22.9 Å². The first-order valence-electron chi connectivity index (χ1n) is 10.6. The molecule has 0 unspecified atom stereocenters. The fourth-order valence-electron chi connectivity index (χ4n) is 3.75. The number of benzene rings is 2. The van der Waals surface area contributed by atoms with E-state index in [2.05, 4.69) is 10.6 Å². The van der Waals surface area contributed by atoms with Crippen LogP contribution < -0.4 is 21.3 Å². The van der Waals surface area contributed by atoms with Crippen LogP contribution in [0.5, 0.6) is 11.5 Å². The molecule has 2 aromatic carbocycles. The van der Waals surface area contributed by atoms with Crippen LogP contribution >= 0.6 is 0 Å². The summed E-state index contributed by atoms with van der Waals surface area (Å²) < 4.78 is 0. The number of aliphatic hydroxyl groups is 2. The second-order valence-corrected chi connectivity index (χ2v) is 7.46. The minimum absolute atomic E-state index is 0.0675. The predicted octanol–water partition coefficient (Wildman–Crippen LogP) is -2.19. The van der Waals surface area contributed by atoms with Gasteiger partial charge in [0, 0.05) is 11.4 Å². The molecule has 10 N–H and O–H groups in total. The van der Waals surface area contributed by atoms with Crippen LogP contribution in [0.15, 0.2) is 24.3 Å². The van der Waals surface area contributed by atoms with Gasteiger partial charge in [0.2, 0.25) is 11.6 Å². The molecule has 3 rings (SSSR count). The molecule has 32 heavy (non-hydrogen) atoms. The van der Waals surface area contributed by atoms with Crippen LogP contribution in [-0.2, 0) is 0 Å². The Morgan fingerprint density at radius 1 is 0.625 bits per heavy atom. The minimum Gasteiger partial charge on any atom is -0.507 e. The van der Waals surface area contributed by atoms with Crippen LogP contribution in [-0.4, -0.2) is 84.5 Å². The number of fused-ring (bicyclic) bond motifs is 2. The number of carbonyl (C=O) groups is 2. The van der Waals surface area contributed by atoms with Crippen LogP contribution in [0, 0.1) is 0 Å². The summed E-state index contributed by atoms with van der Waals surface area (Å²) in [5, 5.41) is 48.5. The maximum absolute atomic E-state index is 13.4. The fraction of sp³-hybridized carbons (Fsp3) is 0.364. The lowest BCUT2D eigenvalue weighted by Crippen LogP contribution is -2.86. The Kier molecular flexibility index (Phi) is 8.01. The zero-order valence-corrected chi connectivity index (χ0v) is 17.7. The second-order valence-electron chi connectivity index (χ2n) is 7.46. The van der Waals surface area contributed by atoms with Gasteiger partial charge in [-0.1, -0.05) is 0 Å². The molecule has 0 fully saturated rings. The third-order valence-electron chi connectivity index (χ3n) is 5.27. The van der Waals surface area contributed by atoms with Gasteiger partial charge in [0.05, 0.1) is 74.7 Å². The predicted molar refractivity (Wildman–Crippen MR) is 118 cm³/mol. The van der Waals surface area contributed by atoms with E-state index in [-0.39, 0.29) is 47.0 Å². The van der Waals surface area contributed by atoms with Gasteiger partial charge in [0.15, 0.2) is 0 Å². The molecule has 0 saturated heterocycles. The number of ketones is 2. The van der Waals surface area contributed by atoms with Crippen molar-refractivity contribution < 1.29 is 40.6 Å². The molecule has 0 bridgehead atoms. The first-order valence-corrected chi connectivity index (χ1v) is 10.6. The van der Waals surface area contributed by atoms with Crippen LogP contribution in [0.25, 0.3) is 0 Å². The van der Waals surface area contributed by atoms with E-state index in [0.717, 1.165) is 0 Å². The largest absolute Gasteiger partial charge is 0.507 e. The summed E-state index contributed by atoms with van der Waals surface area (Å²) in [7, 11) is 0. The SMILES string of the molecule is O=C1c2c(O)ccc(O)c2C(=O)c2c(NCC[NH2+]CCO)ccc(NCC[NH2+]CCO)c21. The van der Waals surface area contributed by atoms with Crippen LogP contribution in [0.3, 0.4) is 0 Å². The van der Waals surface area contributed by atoms with Crippen molar-refractivity contribution in [3.8, 4) is 11.5 Å². The lowest BCUT2D eigenvalue weighted by atomic mass is 9.81. The quantitative estimate of drug-likeness (QED) is 0.114. The van der Waals surface area contributed by atoms with Gasteiger partial charge in [-0.25, -0.2) is 0 Å². The molecule has 0 radical (unpaired) electrons. The smallest absolute Gasteiger partial charge is 0.200 e. The van der Waals surface area contributed by atoms with Crippen molar-refractivity contribution in [2.24, 2.45) is 0 Å². The summed E-state index contributed by atoms with van der Waals surface area (Å²) in [6, 6.07) is 5.81. The Bertz CT molecular complexity index is 917. The van der Waals surface area contributed by atoms with E-state index in [1.54, 1.807) is 12.1 Å². The Balaban J connectivity index is 1.97. The highest BCUT2D eigenvalue weighted by atomic mass is 16.3. The lowest BCUT2D eigenvalue weighted by molar-refractivity contribution is -0.653. The Hall–Kier alpha value is -3.18. The molecule has 2 aromatic rings. The zero-order chi connectivity index (χ0) is 23.1. The van der Waals surface area contributed by atoms with E-state index in [9.17, 15) is 19.8 Å². The van der Waals surface area contributed by atoms with Gasteiger partial charge in [0.1, 0.15) is 11.5 Å². The molecular formula is C22H30N4O6+2. The summed E-state index contributed by atoms with van der Waals surface area (Å²) in [4.78, 5) is 26.8. The van der Waals surface area contributed by atoms with Crippen molar-refractivity contribution in [1.82, 2.24) is 0 Å². The van der Waals surface area contributed by atoms with E-state index in [0.29, 0.717) is 50.6 Å². The summed E-state index contributed by atoms with van der Waals surface area (Å²) >= 11 is 0. The summed E-state index contributed by atoms with van der Waals surface area (Å²) in [6.07, 6.45) is 0. The molecular weight excluding hydrogens is 416 g/mol. The first kappa shape index (κ1) is 23.5. The number of nitrogens with one attached hydrogen (secondary N) is 2. The van der Waals surface area contributed by atoms with Crippen LogP contribution in [0.2, 0.25) is 0 Å². The molecule has 0 atom stereocenters. The number of nitrogens with two attached hydrogens (primary N) is 2. The van der Waals surface area contributed by atoms with Crippen LogP contribution in [0.4, 0.5) is 11.4 Å². The van der Waals surface area contributed by atoms with E-state index in [1.165, 1.54) is 12.1 Å². The standard InChI is InChI=1S/C22H28N4O6/c27-11-9-23-5-7-25-13-1-2-14(26-8-6-24-10-12-28)18-17(13)21(31)19-15(29)3-4-16(30)20(19)22(18)32/h1-4,23-30H,5-12H2/p+2. The van der Waals surface area contributed by atoms with Gasteiger partial charge in [-0.3, -0.25) is 9.59 Å². The molecule has 0 amide bonds. The van der Waals surface area contributed by atoms with Crippen molar-refractivity contribution in [2.75, 3.05) is 63.1 Å². The molecule has 172 valence electrons. The minimum atomic E-state index is -0.541. The molecule has 1 aliphatic rings. The van der Waals surface area contributed by atoms with E-state index < -0.39 is 11.6 Å². The fourth-order valence-corrected chi connectivity index (χ4v) is 3.75. The van der Waals surface area contributed by atoms with Crippen molar-refractivity contribution in [1.29, 1.82) is 0 Å². The van der Waals surface area contributed by atoms with Gasteiger partial charge in [-0.15, -0.1) is 0 Å². The maximum atomic E-state index is 13.4. The molecule has 1 aliphatic carbocycles. The van der Waals surface area contributed by atoms with Gasteiger partial charge in [-0.2, -0.15) is 0 Å². The summed E-state index contributed by atoms with van der Waals surface area (Å²) in [5.41, 5.74) is 0.810. The van der Waals surface area contributed by atoms with Crippen molar-refractivity contribution in [3.05, 3.63) is 46.5 Å². The Morgan fingerprint density at radius 3 is 1.41 bits per heavy atom. The van der Waals surface area contributed by atoms with Gasteiger partial charge in [0.25, 0.3) is 0 Å². The number of aliphatic hydroxyl groups excluding tert-OH is 2. The third-order valence-corrected chi connectivity index (χ3v) is 5.27. The van der Waals surface area contributed by atoms with Gasteiger partial charge >= 0.3 is 0 Å².